The molecule has 0 radical (unpaired) electrons. The van der Waals surface area contributed by atoms with Gasteiger partial charge < -0.3 is 29.3 Å². The summed E-state index contributed by atoms with van der Waals surface area (Å²) in [5, 5.41) is 7.79. The predicted octanol–water partition coefficient (Wildman–Crippen LogP) is 4.90. The highest BCUT2D eigenvalue weighted by Gasteiger charge is 2.16. The first kappa shape index (κ1) is 26.7. The summed E-state index contributed by atoms with van der Waals surface area (Å²) in [4.78, 5) is 4.69. The van der Waals surface area contributed by atoms with E-state index in [4.69, 9.17) is 23.6 Å². The Morgan fingerprint density at radius 3 is 2.81 bits per heavy atom. The highest BCUT2D eigenvalue weighted by atomic mass is 127. The molecule has 1 aromatic heterocycles. The predicted molar refractivity (Wildman–Crippen MR) is 139 cm³/mol. The van der Waals surface area contributed by atoms with Crippen molar-refractivity contribution >= 4 is 40.9 Å². The first-order chi connectivity index (χ1) is 15.2. The van der Waals surface area contributed by atoms with E-state index in [1.165, 1.54) is 0 Å². The summed E-state index contributed by atoms with van der Waals surface area (Å²) < 4.78 is 23.0. The Bertz CT molecular complexity index is 821. The Hall–Kier alpha value is -1.52. The Kier molecular flexibility index (Phi) is 12.2. The molecule has 7 nitrogen and oxygen atoms in total. The average Bonchev–Trinajstić information content (AvgIpc) is 3.23. The van der Waals surface area contributed by atoms with Crippen LogP contribution in [0.25, 0.3) is 11.0 Å². The van der Waals surface area contributed by atoms with Gasteiger partial charge in [0.15, 0.2) is 17.3 Å². The number of para-hydroxylation sites is 1. The highest BCUT2D eigenvalue weighted by Crippen LogP contribution is 2.31. The zero-order valence-corrected chi connectivity index (χ0v) is 21.9. The highest BCUT2D eigenvalue weighted by molar-refractivity contribution is 14.0. The lowest BCUT2D eigenvalue weighted by atomic mass is 10.0. The maximum Gasteiger partial charge on any atom is 0.191 e. The Morgan fingerprint density at radius 2 is 2.06 bits per heavy atom. The minimum atomic E-state index is -0.0237. The summed E-state index contributed by atoms with van der Waals surface area (Å²) in [6.07, 6.45) is 3.12. The van der Waals surface area contributed by atoms with E-state index in [0.29, 0.717) is 19.1 Å². The van der Waals surface area contributed by atoms with Gasteiger partial charge in [0.05, 0.1) is 12.6 Å². The maximum atomic E-state index is 6.11. The molecule has 0 amide bonds. The zero-order valence-electron chi connectivity index (χ0n) is 19.5. The molecule has 32 heavy (non-hydrogen) atoms. The topological polar surface area (TPSA) is 77.3 Å². The fourth-order valence-corrected chi connectivity index (χ4v) is 3.66. The van der Waals surface area contributed by atoms with Gasteiger partial charge in [0.25, 0.3) is 0 Å². The van der Waals surface area contributed by atoms with Crippen LogP contribution in [0.3, 0.4) is 0 Å². The van der Waals surface area contributed by atoms with Crippen LogP contribution in [0.15, 0.2) is 33.7 Å². The number of furan rings is 1. The molecule has 3 rings (SSSR count). The molecule has 1 unspecified atom stereocenters. The Morgan fingerprint density at radius 1 is 1.25 bits per heavy atom. The molecular formula is C24H38IN3O4. The van der Waals surface area contributed by atoms with E-state index < -0.39 is 0 Å². The minimum absolute atomic E-state index is 0. The number of aliphatic imine (C=N–C) groups is 1. The van der Waals surface area contributed by atoms with Gasteiger partial charge in [-0.2, -0.15) is 0 Å². The van der Waals surface area contributed by atoms with Crippen molar-refractivity contribution in [1.82, 2.24) is 10.6 Å². The molecule has 0 saturated carbocycles. The third-order valence-electron chi connectivity index (χ3n) is 5.36. The normalized spacial score (nSPS) is 15.9. The first-order valence-electron chi connectivity index (χ1n) is 11.6. The lowest BCUT2D eigenvalue weighted by molar-refractivity contribution is 0.0205. The van der Waals surface area contributed by atoms with Gasteiger partial charge in [-0.15, -0.1) is 24.0 Å². The fraction of sp³-hybridized carbons (Fsp3) is 0.625. The van der Waals surface area contributed by atoms with Gasteiger partial charge in [0.2, 0.25) is 0 Å². The number of rotatable bonds is 11. The summed E-state index contributed by atoms with van der Waals surface area (Å²) >= 11 is 0. The molecule has 0 aliphatic carbocycles. The molecule has 1 fully saturated rings. The third kappa shape index (κ3) is 8.12. The number of guanidine groups is 1. The number of benzene rings is 1. The van der Waals surface area contributed by atoms with Crippen LogP contribution in [-0.4, -0.2) is 52.1 Å². The molecule has 1 atom stereocenters. The molecule has 8 heteroatoms. The van der Waals surface area contributed by atoms with E-state index in [2.05, 4.69) is 30.5 Å². The van der Waals surface area contributed by atoms with Crippen molar-refractivity contribution in [1.29, 1.82) is 0 Å². The van der Waals surface area contributed by atoms with Gasteiger partial charge in [-0.3, -0.25) is 4.99 Å². The number of fused-ring (bicyclic) bond motifs is 1. The smallest absolute Gasteiger partial charge is 0.191 e. The van der Waals surface area contributed by atoms with E-state index in [0.717, 1.165) is 80.7 Å². The molecule has 2 N–H and O–H groups in total. The summed E-state index contributed by atoms with van der Waals surface area (Å²) in [5.41, 5.74) is 0.789. The SMILES string of the molecule is CCNC(=NCCCOCC1CCOCC1)NC(C)c1cc2cccc(OCC)c2o1.I. The Balaban J connectivity index is 0.00000363. The summed E-state index contributed by atoms with van der Waals surface area (Å²) in [6.45, 7) is 11.5. The second-order valence-corrected chi connectivity index (χ2v) is 7.87. The van der Waals surface area contributed by atoms with Gasteiger partial charge in [0.1, 0.15) is 5.76 Å². The van der Waals surface area contributed by atoms with E-state index in [9.17, 15) is 0 Å². The van der Waals surface area contributed by atoms with E-state index in [-0.39, 0.29) is 30.0 Å². The van der Waals surface area contributed by atoms with Gasteiger partial charge >= 0.3 is 0 Å². The number of nitrogens with one attached hydrogen (secondary N) is 2. The molecule has 1 aromatic carbocycles. The number of nitrogens with zero attached hydrogens (tertiary/aromatic N) is 1. The molecule has 180 valence electrons. The minimum Gasteiger partial charge on any atom is -0.490 e. The third-order valence-corrected chi connectivity index (χ3v) is 5.36. The lowest BCUT2D eigenvalue weighted by Crippen LogP contribution is -2.38. The number of halogens is 1. The molecule has 1 aliphatic heterocycles. The van der Waals surface area contributed by atoms with E-state index in [1.807, 2.05) is 25.1 Å². The second-order valence-electron chi connectivity index (χ2n) is 7.87. The van der Waals surface area contributed by atoms with E-state index in [1.54, 1.807) is 0 Å². The Labute approximate surface area is 208 Å². The number of hydrogen-bond donors (Lipinski definition) is 2. The summed E-state index contributed by atoms with van der Waals surface area (Å²) in [6, 6.07) is 8.00. The van der Waals surface area contributed by atoms with Crippen LogP contribution in [0.1, 0.15) is 51.8 Å². The molecule has 1 saturated heterocycles. The van der Waals surface area contributed by atoms with Crippen LogP contribution >= 0.6 is 24.0 Å². The van der Waals surface area contributed by atoms with E-state index >= 15 is 0 Å². The summed E-state index contributed by atoms with van der Waals surface area (Å²) in [5.74, 6) is 3.06. The van der Waals surface area contributed by atoms with Gasteiger partial charge in [-0.1, -0.05) is 12.1 Å². The number of hydrogen-bond acceptors (Lipinski definition) is 5. The largest absolute Gasteiger partial charge is 0.490 e. The molecule has 0 spiro atoms. The maximum absolute atomic E-state index is 6.11. The molecule has 2 heterocycles. The van der Waals surface area contributed by atoms with Crippen LogP contribution in [0.4, 0.5) is 0 Å². The van der Waals surface area contributed by atoms with Crippen LogP contribution in [0.5, 0.6) is 5.75 Å². The van der Waals surface area contributed by atoms with Gasteiger partial charge in [0, 0.05) is 44.9 Å². The zero-order chi connectivity index (χ0) is 21.9. The summed E-state index contributed by atoms with van der Waals surface area (Å²) in [7, 11) is 0. The molecule has 1 aliphatic rings. The van der Waals surface area contributed by atoms with Gasteiger partial charge in [-0.25, -0.2) is 0 Å². The van der Waals surface area contributed by atoms with Crippen molar-refractivity contribution in [3.63, 3.8) is 0 Å². The van der Waals surface area contributed by atoms with Crippen LogP contribution in [-0.2, 0) is 9.47 Å². The van der Waals surface area contributed by atoms with Crippen molar-refractivity contribution in [2.24, 2.45) is 10.9 Å². The van der Waals surface area contributed by atoms with Crippen molar-refractivity contribution < 1.29 is 18.6 Å². The lowest BCUT2D eigenvalue weighted by Gasteiger charge is -2.21. The number of ether oxygens (including phenoxy) is 3. The molecule has 2 aromatic rings. The first-order valence-corrected chi connectivity index (χ1v) is 11.6. The van der Waals surface area contributed by atoms with Crippen LogP contribution in [0.2, 0.25) is 0 Å². The van der Waals surface area contributed by atoms with Crippen molar-refractivity contribution in [2.75, 3.05) is 46.1 Å². The fourth-order valence-electron chi connectivity index (χ4n) is 3.66. The molecule has 0 bridgehead atoms. The second kappa shape index (κ2) is 14.6. The quantitative estimate of drug-likeness (QED) is 0.177. The van der Waals surface area contributed by atoms with Crippen LogP contribution in [0, 0.1) is 5.92 Å². The molecular weight excluding hydrogens is 521 g/mol. The monoisotopic (exact) mass is 559 g/mol. The van der Waals surface area contributed by atoms with Crippen molar-refractivity contribution in [2.45, 2.75) is 46.1 Å². The average molecular weight is 559 g/mol. The van der Waals surface area contributed by atoms with Crippen molar-refractivity contribution in [3.05, 3.63) is 30.0 Å². The standard InChI is InChI=1S/C24H37N3O4.HI/c1-4-25-24(26-12-7-13-29-17-19-10-14-28-15-11-19)27-18(3)22-16-20-8-6-9-21(30-5-2)23(20)31-22;/h6,8-9,16,18-19H,4-5,7,10-15,17H2,1-3H3,(H2,25,26,27);1H. The van der Waals surface area contributed by atoms with Crippen molar-refractivity contribution in [3.8, 4) is 5.75 Å². The van der Waals surface area contributed by atoms with Crippen LogP contribution < -0.4 is 15.4 Å². The van der Waals surface area contributed by atoms with Gasteiger partial charge in [-0.05, 0) is 58.1 Å².